The van der Waals surface area contributed by atoms with Crippen LogP contribution in [0.25, 0.3) is 0 Å². The van der Waals surface area contributed by atoms with Gasteiger partial charge in [-0.05, 0) is 37.6 Å². The van der Waals surface area contributed by atoms with E-state index < -0.39 is 6.10 Å². The van der Waals surface area contributed by atoms with Crippen molar-refractivity contribution >= 4 is 0 Å². The molecule has 0 aliphatic heterocycles. The zero-order valence-electron chi connectivity index (χ0n) is 8.77. The highest BCUT2D eigenvalue weighted by Gasteiger charge is 2.14. The van der Waals surface area contributed by atoms with Gasteiger partial charge in [-0.25, -0.2) is 0 Å². The van der Waals surface area contributed by atoms with Gasteiger partial charge in [0.2, 0.25) is 0 Å². The third kappa shape index (κ3) is 2.07. The lowest BCUT2D eigenvalue weighted by molar-refractivity contribution is 0.187. The van der Waals surface area contributed by atoms with Crippen molar-refractivity contribution in [3.8, 4) is 0 Å². The molecule has 0 fully saturated rings. The van der Waals surface area contributed by atoms with E-state index in [1.807, 2.05) is 26.0 Å². The van der Waals surface area contributed by atoms with Gasteiger partial charge in [0.05, 0.1) is 0 Å². The van der Waals surface area contributed by atoms with Gasteiger partial charge < -0.3 is 9.52 Å². The first-order valence-corrected chi connectivity index (χ1v) is 4.83. The van der Waals surface area contributed by atoms with E-state index in [0.29, 0.717) is 5.76 Å². The van der Waals surface area contributed by atoms with E-state index in [-0.39, 0.29) is 0 Å². The maximum atomic E-state index is 10.00. The molecular formula is C12H13NO2. The number of aliphatic hydroxyl groups is 1. The predicted molar refractivity (Wildman–Crippen MR) is 56.5 cm³/mol. The van der Waals surface area contributed by atoms with Crippen LogP contribution in [-0.2, 0) is 0 Å². The average molecular weight is 203 g/mol. The smallest absolute Gasteiger partial charge is 0.138 e. The number of pyridine rings is 1. The molecular weight excluding hydrogens is 190 g/mol. The van der Waals surface area contributed by atoms with Crippen LogP contribution in [0.3, 0.4) is 0 Å². The second kappa shape index (κ2) is 3.87. The van der Waals surface area contributed by atoms with Gasteiger partial charge in [-0.1, -0.05) is 0 Å². The van der Waals surface area contributed by atoms with Crippen molar-refractivity contribution in [1.29, 1.82) is 0 Å². The third-order valence-corrected chi connectivity index (χ3v) is 2.24. The molecule has 0 amide bonds. The Balaban J connectivity index is 2.32. The minimum absolute atomic E-state index is 0.555. The molecule has 2 aromatic heterocycles. The summed E-state index contributed by atoms with van der Waals surface area (Å²) in [7, 11) is 0. The highest BCUT2D eigenvalue weighted by atomic mass is 16.4. The Morgan fingerprint density at radius 1 is 1.27 bits per heavy atom. The molecule has 0 bridgehead atoms. The highest BCUT2D eigenvalue weighted by molar-refractivity contribution is 5.25. The fourth-order valence-corrected chi connectivity index (χ4v) is 1.49. The molecule has 1 atom stereocenters. The fraction of sp³-hybridized carbons (Fsp3) is 0.250. The van der Waals surface area contributed by atoms with Gasteiger partial charge in [-0.3, -0.25) is 4.98 Å². The molecule has 3 nitrogen and oxygen atoms in total. The molecule has 0 aliphatic carbocycles. The summed E-state index contributed by atoms with van der Waals surface area (Å²) in [5.41, 5.74) is 1.78. The average Bonchev–Trinajstić information content (AvgIpc) is 2.64. The Kier molecular flexibility index (Phi) is 2.56. The molecule has 2 aromatic rings. The number of hydrogen-bond donors (Lipinski definition) is 1. The van der Waals surface area contributed by atoms with Crippen molar-refractivity contribution in [2.24, 2.45) is 0 Å². The summed E-state index contributed by atoms with van der Waals surface area (Å²) in [6, 6.07) is 5.51. The van der Waals surface area contributed by atoms with E-state index in [9.17, 15) is 5.11 Å². The van der Waals surface area contributed by atoms with Crippen molar-refractivity contribution in [2.45, 2.75) is 20.0 Å². The Hall–Kier alpha value is -1.61. The molecule has 2 rings (SSSR count). The first-order valence-electron chi connectivity index (χ1n) is 4.83. The minimum Gasteiger partial charge on any atom is -0.463 e. The first-order chi connectivity index (χ1) is 7.16. The molecule has 0 aliphatic rings. The molecule has 2 heterocycles. The van der Waals surface area contributed by atoms with Crippen molar-refractivity contribution in [2.75, 3.05) is 0 Å². The van der Waals surface area contributed by atoms with E-state index in [1.54, 1.807) is 18.5 Å². The Morgan fingerprint density at radius 3 is 2.67 bits per heavy atom. The maximum Gasteiger partial charge on any atom is 0.138 e. The van der Waals surface area contributed by atoms with Gasteiger partial charge in [0.25, 0.3) is 0 Å². The van der Waals surface area contributed by atoms with Crippen LogP contribution in [0.1, 0.15) is 28.8 Å². The second-order valence-corrected chi connectivity index (χ2v) is 3.65. The number of furan rings is 1. The van der Waals surface area contributed by atoms with Crippen LogP contribution >= 0.6 is 0 Å². The van der Waals surface area contributed by atoms with E-state index in [2.05, 4.69) is 4.98 Å². The largest absolute Gasteiger partial charge is 0.463 e. The summed E-state index contributed by atoms with van der Waals surface area (Å²) in [5, 5.41) is 10.00. The quantitative estimate of drug-likeness (QED) is 0.815. The molecule has 1 N–H and O–H groups in total. The van der Waals surface area contributed by atoms with Crippen molar-refractivity contribution in [3.63, 3.8) is 0 Å². The van der Waals surface area contributed by atoms with Gasteiger partial charge >= 0.3 is 0 Å². The number of aromatic nitrogens is 1. The Bertz CT molecular complexity index is 462. The lowest BCUT2D eigenvalue weighted by Crippen LogP contribution is -1.99. The molecule has 0 aromatic carbocycles. The van der Waals surface area contributed by atoms with Gasteiger partial charge in [-0.15, -0.1) is 0 Å². The third-order valence-electron chi connectivity index (χ3n) is 2.24. The molecule has 0 saturated carbocycles. The summed E-state index contributed by atoms with van der Waals surface area (Å²) in [6.07, 6.45) is 2.67. The highest BCUT2D eigenvalue weighted by Crippen LogP contribution is 2.23. The van der Waals surface area contributed by atoms with E-state index in [4.69, 9.17) is 4.42 Å². The van der Waals surface area contributed by atoms with Crippen molar-refractivity contribution < 1.29 is 9.52 Å². The number of aliphatic hydroxyl groups excluding tert-OH is 1. The normalized spacial score (nSPS) is 12.7. The van der Waals surface area contributed by atoms with E-state index >= 15 is 0 Å². The Morgan fingerprint density at radius 2 is 2.07 bits per heavy atom. The van der Waals surface area contributed by atoms with Crippen LogP contribution < -0.4 is 0 Å². The SMILES string of the molecule is Cc1cncc(C(O)c2ccc(C)o2)c1. The minimum atomic E-state index is -0.730. The summed E-state index contributed by atoms with van der Waals surface area (Å²) in [5.74, 6) is 1.35. The molecule has 0 saturated heterocycles. The van der Waals surface area contributed by atoms with Crippen LogP contribution in [0.5, 0.6) is 0 Å². The van der Waals surface area contributed by atoms with E-state index in [1.165, 1.54) is 0 Å². The van der Waals surface area contributed by atoms with Crippen LogP contribution in [0.2, 0.25) is 0 Å². The Labute approximate surface area is 88.4 Å². The van der Waals surface area contributed by atoms with Gasteiger partial charge in [0.1, 0.15) is 17.6 Å². The lowest BCUT2D eigenvalue weighted by Gasteiger charge is -2.07. The second-order valence-electron chi connectivity index (χ2n) is 3.65. The van der Waals surface area contributed by atoms with Crippen LogP contribution in [0.4, 0.5) is 0 Å². The van der Waals surface area contributed by atoms with Crippen LogP contribution in [-0.4, -0.2) is 10.1 Å². The molecule has 0 spiro atoms. The maximum absolute atomic E-state index is 10.00. The summed E-state index contributed by atoms with van der Waals surface area (Å²) >= 11 is 0. The molecule has 15 heavy (non-hydrogen) atoms. The van der Waals surface area contributed by atoms with Crippen molar-refractivity contribution in [3.05, 3.63) is 53.2 Å². The number of nitrogens with zero attached hydrogens (tertiary/aromatic N) is 1. The number of rotatable bonds is 2. The number of aryl methyl sites for hydroxylation is 2. The monoisotopic (exact) mass is 203 g/mol. The first kappa shape index (κ1) is 9.93. The van der Waals surface area contributed by atoms with Crippen LogP contribution in [0.15, 0.2) is 35.0 Å². The molecule has 78 valence electrons. The molecule has 0 radical (unpaired) electrons. The standard InChI is InChI=1S/C12H13NO2/c1-8-5-10(7-13-6-8)12(14)11-4-3-9(2)15-11/h3-7,12,14H,1-2H3. The summed E-state index contributed by atoms with van der Waals surface area (Å²) in [4.78, 5) is 4.04. The van der Waals surface area contributed by atoms with Gasteiger partial charge in [0, 0.05) is 18.0 Å². The zero-order valence-corrected chi connectivity index (χ0v) is 8.77. The van der Waals surface area contributed by atoms with Crippen LogP contribution in [0, 0.1) is 13.8 Å². The number of hydrogen-bond acceptors (Lipinski definition) is 3. The summed E-state index contributed by atoms with van der Waals surface area (Å²) < 4.78 is 5.36. The lowest BCUT2D eigenvalue weighted by atomic mass is 10.1. The van der Waals surface area contributed by atoms with Gasteiger partial charge in [-0.2, -0.15) is 0 Å². The molecule has 3 heteroatoms. The summed E-state index contributed by atoms with van der Waals surface area (Å²) in [6.45, 7) is 3.79. The fourth-order valence-electron chi connectivity index (χ4n) is 1.49. The van der Waals surface area contributed by atoms with Gasteiger partial charge in [0.15, 0.2) is 0 Å². The van der Waals surface area contributed by atoms with E-state index in [0.717, 1.165) is 16.9 Å². The topological polar surface area (TPSA) is 46.3 Å². The molecule has 1 unspecified atom stereocenters. The van der Waals surface area contributed by atoms with Crippen molar-refractivity contribution in [1.82, 2.24) is 4.98 Å². The predicted octanol–water partition coefficient (Wildman–Crippen LogP) is 2.37. The zero-order chi connectivity index (χ0) is 10.8.